The number of nitrogens with one attached hydrogen (secondary N) is 1. The molecule has 1 aliphatic rings. The van der Waals surface area contributed by atoms with Gasteiger partial charge >= 0.3 is 0 Å². The highest BCUT2D eigenvalue weighted by Gasteiger charge is 2.40. The summed E-state index contributed by atoms with van der Waals surface area (Å²) in [6.45, 7) is 1.48. The van der Waals surface area contributed by atoms with E-state index in [1.807, 2.05) is 28.6 Å². The molecule has 1 aromatic heterocycles. The fourth-order valence-electron chi connectivity index (χ4n) is 5.02. The second-order valence-electron chi connectivity index (χ2n) is 9.43. The van der Waals surface area contributed by atoms with Crippen LogP contribution >= 0.6 is 11.6 Å². The summed E-state index contributed by atoms with van der Waals surface area (Å²) in [5, 5.41) is 10.9. The molecule has 4 rings (SSSR count). The number of hydrogen-bond acceptors (Lipinski definition) is 6. The van der Waals surface area contributed by atoms with E-state index in [0.29, 0.717) is 68.6 Å². The molecule has 0 bridgehead atoms. The smallest absolute Gasteiger partial charge is 0.249 e. The first-order valence-corrected chi connectivity index (χ1v) is 12.7. The lowest BCUT2D eigenvalue weighted by atomic mass is 9.73. The number of carbonyl (C=O) groups is 1. The molecule has 204 valence electrons. The quantitative estimate of drug-likeness (QED) is 0.202. The standard InChI is InChI=1S/C27H29ClF3N3O4/c1-37-18-4-5-23-20(15-18)19(21(28)16-32-23)3-2-6-27(26(35)33-36)7-9-34(10-8-27)11-12-38-24-14-17(29)13-22(30)25(24)31/h4-5,13-16,36H,2-3,6-12H2,1H3,(H,33,35). The van der Waals surface area contributed by atoms with Crippen molar-refractivity contribution < 1.29 is 32.6 Å². The van der Waals surface area contributed by atoms with E-state index in [9.17, 15) is 23.2 Å². The molecular formula is C27H29ClF3N3O4. The number of carbonyl (C=O) groups excluding carboxylic acids is 1. The van der Waals surface area contributed by atoms with Gasteiger partial charge in [-0.2, -0.15) is 4.39 Å². The number of aryl methyl sites for hydroxylation is 1. The number of likely N-dealkylation sites (tertiary alicyclic amines) is 1. The Bertz CT molecular complexity index is 1300. The molecule has 1 amide bonds. The highest BCUT2D eigenvalue weighted by Crippen LogP contribution is 2.38. The number of fused-ring (bicyclic) bond motifs is 1. The SMILES string of the molecule is COc1ccc2ncc(Cl)c(CCCC3(C(=O)NO)CCN(CCOc4cc(F)cc(F)c4F)CC3)c2c1. The Morgan fingerprint density at radius 1 is 1.21 bits per heavy atom. The summed E-state index contributed by atoms with van der Waals surface area (Å²) in [6, 6.07) is 6.86. The van der Waals surface area contributed by atoms with E-state index < -0.39 is 34.5 Å². The highest BCUT2D eigenvalue weighted by atomic mass is 35.5. The van der Waals surface area contributed by atoms with E-state index >= 15 is 0 Å². The number of piperidine rings is 1. The maximum absolute atomic E-state index is 13.8. The highest BCUT2D eigenvalue weighted by molar-refractivity contribution is 6.32. The lowest BCUT2D eigenvalue weighted by Gasteiger charge is -2.40. The summed E-state index contributed by atoms with van der Waals surface area (Å²) in [7, 11) is 1.59. The molecule has 38 heavy (non-hydrogen) atoms. The van der Waals surface area contributed by atoms with Crippen LogP contribution in [0.15, 0.2) is 36.5 Å². The van der Waals surface area contributed by atoms with Crippen LogP contribution in [0.3, 0.4) is 0 Å². The molecule has 2 aromatic carbocycles. The van der Waals surface area contributed by atoms with Crippen molar-refractivity contribution in [2.45, 2.75) is 32.1 Å². The van der Waals surface area contributed by atoms with Crippen molar-refractivity contribution in [2.24, 2.45) is 5.41 Å². The van der Waals surface area contributed by atoms with Gasteiger partial charge in [0.1, 0.15) is 18.2 Å². The molecule has 1 aliphatic heterocycles. The van der Waals surface area contributed by atoms with Crippen LogP contribution in [-0.4, -0.2) is 54.3 Å². The number of hydroxylamine groups is 1. The number of pyridine rings is 1. The zero-order chi connectivity index (χ0) is 27.3. The predicted molar refractivity (Wildman–Crippen MR) is 136 cm³/mol. The van der Waals surface area contributed by atoms with Gasteiger partial charge in [0.15, 0.2) is 11.6 Å². The van der Waals surface area contributed by atoms with E-state index in [2.05, 4.69) is 4.98 Å². The predicted octanol–water partition coefficient (Wildman–Crippen LogP) is 5.30. The van der Waals surface area contributed by atoms with Gasteiger partial charge in [-0.25, -0.2) is 14.3 Å². The van der Waals surface area contributed by atoms with Crippen molar-refractivity contribution in [3.8, 4) is 11.5 Å². The monoisotopic (exact) mass is 551 g/mol. The topological polar surface area (TPSA) is 83.9 Å². The van der Waals surface area contributed by atoms with Gasteiger partial charge in [-0.15, -0.1) is 0 Å². The lowest BCUT2D eigenvalue weighted by molar-refractivity contribution is -0.143. The minimum absolute atomic E-state index is 0.0239. The minimum Gasteiger partial charge on any atom is -0.497 e. The van der Waals surface area contributed by atoms with Gasteiger partial charge in [-0.05, 0) is 69.0 Å². The minimum atomic E-state index is -1.31. The molecule has 0 saturated carbocycles. The Kier molecular flexibility index (Phi) is 8.96. The number of aromatic nitrogens is 1. The number of ether oxygens (including phenoxy) is 2. The Labute approximate surface area is 223 Å². The van der Waals surface area contributed by atoms with Crippen molar-refractivity contribution in [1.82, 2.24) is 15.4 Å². The summed E-state index contributed by atoms with van der Waals surface area (Å²) >= 11 is 6.48. The molecule has 7 nitrogen and oxygen atoms in total. The fourth-order valence-corrected chi connectivity index (χ4v) is 5.27. The van der Waals surface area contributed by atoms with E-state index in [4.69, 9.17) is 21.1 Å². The van der Waals surface area contributed by atoms with Crippen molar-refractivity contribution in [2.75, 3.05) is 33.4 Å². The molecule has 0 spiro atoms. The van der Waals surface area contributed by atoms with E-state index in [1.165, 1.54) is 0 Å². The van der Waals surface area contributed by atoms with Crippen molar-refractivity contribution in [3.63, 3.8) is 0 Å². The third-order valence-electron chi connectivity index (χ3n) is 7.24. The third-order valence-corrected chi connectivity index (χ3v) is 7.56. The van der Waals surface area contributed by atoms with Crippen molar-refractivity contribution in [3.05, 3.63) is 64.6 Å². The van der Waals surface area contributed by atoms with Crippen LogP contribution in [0.25, 0.3) is 10.9 Å². The molecule has 3 aromatic rings. The van der Waals surface area contributed by atoms with Gasteiger partial charge in [0.25, 0.3) is 0 Å². The zero-order valence-electron chi connectivity index (χ0n) is 20.9. The van der Waals surface area contributed by atoms with Crippen molar-refractivity contribution in [1.29, 1.82) is 0 Å². The molecule has 0 aliphatic carbocycles. The van der Waals surface area contributed by atoms with Crippen molar-refractivity contribution >= 4 is 28.4 Å². The summed E-state index contributed by atoms with van der Waals surface area (Å²) in [5.74, 6) is -3.67. The second-order valence-corrected chi connectivity index (χ2v) is 9.84. The lowest BCUT2D eigenvalue weighted by Crippen LogP contribution is -2.49. The number of methoxy groups -OCH3 is 1. The number of nitrogens with zero attached hydrogens (tertiary/aromatic N) is 2. The Morgan fingerprint density at radius 2 is 1.97 bits per heavy atom. The maximum atomic E-state index is 13.8. The van der Waals surface area contributed by atoms with Gasteiger partial charge in [0, 0.05) is 30.3 Å². The van der Waals surface area contributed by atoms with Crippen LogP contribution in [0.4, 0.5) is 13.2 Å². The largest absolute Gasteiger partial charge is 0.497 e. The molecule has 2 heterocycles. The number of benzene rings is 2. The molecule has 1 saturated heterocycles. The molecule has 11 heteroatoms. The van der Waals surface area contributed by atoms with E-state index in [0.717, 1.165) is 22.5 Å². The summed E-state index contributed by atoms with van der Waals surface area (Å²) in [4.78, 5) is 19.1. The molecule has 0 atom stereocenters. The van der Waals surface area contributed by atoms with Crippen LogP contribution in [-0.2, 0) is 11.2 Å². The van der Waals surface area contributed by atoms with Crippen LogP contribution in [0.1, 0.15) is 31.2 Å². The normalized spacial score (nSPS) is 15.4. The number of amides is 1. The van der Waals surface area contributed by atoms with Crippen LogP contribution in [0, 0.1) is 22.9 Å². The van der Waals surface area contributed by atoms with Crippen LogP contribution < -0.4 is 15.0 Å². The summed E-state index contributed by atoms with van der Waals surface area (Å²) < 4.78 is 51.1. The Morgan fingerprint density at radius 3 is 2.68 bits per heavy atom. The first-order chi connectivity index (χ1) is 18.3. The molecule has 0 unspecified atom stereocenters. The Hall–Kier alpha value is -3.08. The third kappa shape index (κ3) is 6.14. The molecule has 0 radical (unpaired) electrons. The fraction of sp³-hybridized carbons (Fsp3) is 0.407. The van der Waals surface area contributed by atoms with Crippen LogP contribution in [0.2, 0.25) is 5.02 Å². The van der Waals surface area contributed by atoms with Crippen LogP contribution in [0.5, 0.6) is 11.5 Å². The average Bonchev–Trinajstić information content (AvgIpc) is 2.92. The van der Waals surface area contributed by atoms with Gasteiger partial charge in [0.05, 0.1) is 23.1 Å². The average molecular weight is 552 g/mol. The maximum Gasteiger partial charge on any atom is 0.249 e. The first kappa shape index (κ1) is 27.9. The van der Waals surface area contributed by atoms with E-state index in [1.54, 1.807) is 13.3 Å². The van der Waals surface area contributed by atoms with E-state index in [-0.39, 0.29) is 6.61 Å². The van der Waals surface area contributed by atoms with Gasteiger partial charge in [-0.3, -0.25) is 19.9 Å². The second kappa shape index (κ2) is 12.2. The zero-order valence-corrected chi connectivity index (χ0v) is 21.7. The summed E-state index contributed by atoms with van der Waals surface area (Å²) in [6.07, 6.45) is 4.38. The molecular weight excluding hydrogens is 523 g/mol. The molecule has 2 N–H and O–H groups in total. The van der Waals surface area contributed by atoms with Gasteiger partial charge in [0.2, 0.25) is 11.7 Å². The van der Waals surface area contributed by atoms with Gasteiger partial charge in [-0.1, -0.05) is 11.6 Å². The first-order valence-electron chi connectivity index (χ1n) is 12.3. The van der Waals surface area contributed by atoms with Gasteiger partial charge < -0.3 is 9.47 Å². The summed E-state index contributed by atoms with van der Waals surface area (Å²) in [5.41, 5.74) is 2.78. The number of hydrogen-bond donors (Lipinski definition) is 2. The Balaban J connectivity index is 1.36. The number of rotatable bonds is 10. The number of halogens is 4. The molecule has 1 fully saturated rings.